The summed E-state index contributed by atoms with van der Waals surface area (Å²) in [6.07, 6.45) is 9.55. The van der Waals surface area contributed by atoms with Crippen LogP contribution in [0.15, 0.2) is 4.52 Å². The predicted molar refractivity (Wildman–Crippen MR) is 72.4 cm³/mol. The zero-order valence-electron chi connectivity index (χ0n) is 11.8. The van der Waals surface area contributed by atoms with E-state index < -0.39 is 11.4 Å². The van der Waals surface area contributed by atoms with Crippen LogP contribution in [-0.4, -0.2) is 21.2 Å². The second kappa shape index (κ2) is 5.54. The lowest BCUT2D eigenvalue weighted by Gasteiger charge is -2.26. The highest BCUT2D eigenvalue weighted by atomic mass is 16.5. The highest BCUT2D eigenvalue weighted by Gasteiger charge is 2.40. The zero-order chi connectivity index (χ0) is 14.0. The third kappa shape index (κ3) is 2.58. The third-order valence-electron chi connectivity index (χ3n) is 4.96. The van der Waals surface area contributed by atoms with Gasteiger partial charge in [-0.05, 0) is 25.7 Å². The van der Waals surface area contributed by atoms with Gasteiger partial charge in [0, 0.05) is 12.3 Å². The van der Waals surface area contributed by atoms with Crippen molar-refractivity contribution < 1.29 is 14.4 Å². The highest BCUT2D eigenvalue weighted by Crippen LogP contribution is 2.39. The maximum absolute atomic E-state index is 11.8. The molecule has 0 atom stereocenters. The summed E-state index contributed by atoms with van der Waals surface area (Å²) in [6.45, 7) is 0. The summed E-state index contributed by atoms with van der Waals surface area (Å²) < 4.78 is 5.32. The molecule has 5 nitrogen and oxygen atoms in total. The number of carboxylic acids is 1. The van der Waals surface area contributed by atoms with Crippen molar-refractivity contribution in [3.05, 3.63) is 11.7 Å². The van der Waals surface area contributed by atoms with Crippen LogP contribution in [0, 0.1) is 5.41 Å². The fraction of sp³-hybridized carbons (Fsp3) is 0.800. The Hall–Kier alpha value is -1.39. The molecule has 0 amide bonds. The van der Waals surface area contributed by atoms with Crippen LogP contribution in [0.1, 0.15) is 75.4 Å². The molecule has 0 saturated heterocycles. The van der Waals surface area contributed by atoms with E-state index in [0.717, 1.165) is 57.2 Å². The van der Waals surface area contributed by atoms with E-state index in [-0.39, 0.29) is 0 Å². The number of nitrogens with zero attached hydrogens (tertiary/aromatic N) is 2. The highest BCUT2D eigenvalue weighted by molar-refractivity contribution is 5.74. The Morgan fingerprint density at radius 3 is 2.45 bits per heavy atom. The van der Waals surface area contributed by atoms with Gasteiger partial charge in [0.2, 0.25) is 5.89 Å². The van der Waals surface area contributed by atoms with Crippen molar-refractivity contribution in [2.75, 3.05) is 0 Å². The summed E-state index contributed by atoms with van der Waals surface area (Å²) in [6, 6.07) is 0. The van der Waals surface area contributed by atoms with Crippen molar-refractivity contribution in [1.82, 2.24) is 10.1 Å². The van der Waals surface area contributed by atoms with Gasteiger partial charge in [0.05, 0.1) is 5.41 Å². The molecule has 1 aromatic rings. The van der Waals surface area contributed by atoms with Crippen LogP contribution in [0.25, 0.3) is 0 Å². The molecule has 0 aliphatic heterocycles. The van der Waals surface area contributed by atoms with Gasteiger partial charge in [-0.3, -0.25) is 4.79 Å². The van der Waals surface area contributed by atoms with Crippen molar-refractivity contribution >= 4 is 5.97 Å². The molecule has 3 rings (SSSR count). The Kier molecular flexibility index (Phi) is 3.76. The fourth-order valence-corrected chi connectivity index (χ4v) is 3.33. The zero-order valence-corrected chi connectivity index (χ0v) is 11.8. The Morgan fingerprint density at radius 1 is 1.20 bits per heavy atom. The number of carboxylic acid groups (broad SMARTS) is 1. The van der Waals surface area contributed by atoms with Crippen molar-refractivity contribution in [2.24, 2.45) is 5.41 Å². The minimum atomic E-state index is -0.706. The quantitative estimate of drug-likeness (QED) is 0.855. The topological polar surface area (TPSA) is 76.2 Å². The lowest BCUT2D eigenvalue weighted by Crippen LogP contribution is -2.33. The summed E-state index contributed by atoms with van der Waals surface area (Å²) >= 11 is 0. The maximum atomic E-state index is 11.8. The van der Waals surface area contributed by atoms with E-state index in [4.69, 9.17) is 4.52 Å². The third-order valence-corrected chi connectivity index (χ3v) is 4.96. The molecule has 2 aliphatic carbocycles. The average molecular weight is 278 g/mol. The van der Waals surface area contributed by atoms with E-state index in [1.807, 2.05) is 0 Å². The lowest BCUT2D eigenvalue weighted by atomic mass is 9.77. The van der Waals surface area contributed by atoms with Crippen molar-refractivity contribution in [3.63, 3.8) is 0 Å². The minimum absolute atomic E-state index is 0.391. The van der Waals surface area contributed by atoms with Gasteiger partial charge in [0.25, 0.3) is 0 Å². The van der Waals surface area contributed by atoms with E-state index in [2.05, 4.69) is 10.1 Å². The summed E-state index contributed by atoms with van der Waals surface area (Å²) in [5.74, 6) is 1.02. The smallest absolute Gasteiger partial charge is 0.310 e. The van der Waals surface area contributed by atoms with Gasteiger partial charge in [0.15, 0.2) is 5.82 Å². The SMILES string of the molecule is O=C(O)C1(Cc2nc(C3CCC3)no2)CCCCCC1. The van der Waals surface area contributed by atoms with E-state index in [9.17, 15) is 9.90 Å². The van der Waals surface area contributed by atoms with Crippen LogP contribution < -0.4 is 0 Å². The summed E-state index contributed by atoms with van der Waals surface area (Å²) in [5.41, 5.74) is -0.695. The second-order valence-corrected chi connectivity index (χ2v) is 6.35. The van der Waals surface area contributed by atoms with Gasteiger partial charge < -0.3 is 9.63 Å². The molecule has 110 valence electrons. The molecule has 0 unspecified atom stereocenters. The fourth-order valence-electron chi connectivity index (χ4n) is 3.33. The van der Waals surface area contributed by atoms with E-state index in [1.54, 1.807) is 0 Å². The molecule has 2 aliphatic rings. The number of hydrogen-bond donors (Lipinski definition) is 1. The van der Waals surface area contributed by atoms with Crippen molar-refractivity contribution in [3.8, 4) is 0 Å². The first kappa shape index (κ1) is 13.6. The Balaban J connectivity index is 1.75. The van der Waals surface area contributed by atoms with Crippen LogP contribution in [0.2, 0.25) is 0 Å². The first-order chi connectivity index (χ1) is 9.70. The normalized spacial score (nSPS) is 23.0. The molecule has 0 radical (unpaired) electrons. The summed E-state index contributed by atoms with van der Waals surface area (Å²) in [7, 11) is 0. The molecule has 2 fully saturated rings. The van der Waals surface area contributed by atoms with E-state index >= 15 is 0 Å². The van der Waals surface area contributed by atoms with Crippen LogP contribution in [0.4, 0.5) is 0 Å². The molecule has 20 heavy (non-hydrogen) atoms. The first-order valence-corrected chi connectivity index (χ1v) is 7.75. The molecule has 0 aromatic carbocycles. The number of carbonyl (C=O) groups is 1. The first-order valence-electron chi connectivity index (χ1n) is 7.75. The maximum Gasteiger partial charge on any atom is 0.310 e. The Bertz CT molecular complexity index is 471. The monoisotopic (exact) mass is 278 g/mol. The van der Waals surface area contributed by atoms with Crippen LogP contribution in [0.3, 0.4) is 0 Å². The van der Waals surface area contributed by atoms with Gasteiger partial charge in [-0.15, -0.1) is 0 Å². The Labute approximate surface area is 118 Å². The number of aliphatic carboxylic acids is 1. The van der Waals surface area contributed by atoms with Crippen LogP contribution in [-0.2, 0) is 11.2 Å². The van der Waals surface area contributed by atoms with Gasteiger partial charge in [-0.1, -0.05) is 37.3 Å². The molecular weight excluding hydrogens is 256 g/mol. The van der Waals surface area contributed by atoms with Crippen LogP contribution in [0.5, 0.6) is 0 Å². The number of rotatable bonds is 4. The van der Waals surface area contributed by atoms with E-state index in [1.165, 1.54) is 6.42 Å². The number of hydrogen-bond acceptors (Lipinski definition) is 4. The van der Waals surface area contributed by atoms with Crippen molar-refractivity contribution in [2.45, 2.75) is 70.1 Å². The van der Waals surface area contributed by atoms with Crippen molar-refractivity contribution in [1.29, 1.82) is 0 Å². The van der Waals surface area contributed by atoms with Gasteiger partial charge >= 0.3 is 5.97 Å². The van der Waals surface area contributed by atoms with Gasteiger partial charge in [-0.25, -0.2) is 0 Å². The molecule has 1 N–H and O–H groups in total. The van der Waals surface area contributed by atoms with Crippen LogP contribution >= 0.6 is 0 Å². The molecule has 0 bridgehead atoms. The van der Waals surface area contributed by atoms with Gasteiger partial charge in [0.1, 0.15) is 0 Å². The largest absolute Gasteiger partial charge is 0.481 e. The minimum Gasteiger partial charge on any atom is -0.481 e. The molecule has 1 heterocycles. The summed E-state index contributed by atoms with van der Waals surface area (Å²) in [4.78, 5) is 16.2. The lowest BCUT2D eigenvalue weighted by molar-refractivity contribution is -0.150. The Morgan fingerprint density at radius 2 is 1.90 bits per heavy atom. The summed E-state index contributed by atoms with van der Waals surface area (Å²) in [5, 5.41) is 13.7. The van der Waals surface area contributed by atoms with E-state index in [0.29, 0.717) is 18.2 Å². The second-order valence-electron chi connectivity index (χ2n) is 6.35. The van der Waals surface area contributed by atoms with Gasteiger partial charge in [-0.2, -0.15) is 4.98 Å². The molecule has 0 spiro atoms. The molecule has 2 saturated carbocycles. The predicted octanol–water partition coefficient (Wildman–Crippen LogP) is 3.30. The average Bonchev–Trinajstić information content (AvgIpc) is 2.65. The number of aromatic nitrogens is 2. The molecule has 1 aromatic heterocycles. The molecule has 5 heteroatoms. The molecular formula is C15H22N2O3. The standard InChI is InChI=1S/C15H22N2O3/c18-14(19)15(8-3-1-2-4-9-15)10-12-16-13(17-20-12)11-6-5-7-11/h11H,1-10H2,(H,18,19).